The fourth-order valence-electron chi connectivity index (χ4n) is 0.470. The Hall–Kier alpha value is -0.343. The highest BCUT2D eigenvalue weighted by Gasteiger charge is 2.14. The van der Waals surface area contributed by atoms with Crippen LogP contribution in [0, 0.1) is 12.3 Å². The number of hydrogen-bond acceptors (Lipinski definition) is 3. The van der Waals surface area contributed by atoms with Gasteiger partial charge in [-0.1, -0.05) is 0 Å². The molecule has 0 heterocycles. The first-order valence-electron chi connectivity index (χ1n) is 2.69. The van der Waals surface area contributed by atoms with Crippen LogP contribution in [0.2, 0.25) is 5.54 Å². The minimum Gasteiger partial charge on any atom is -0.412 e. The Kier molecular flexibility index (Phi) is 4.36. The highest BCUT2D eigenvalue weighted by atomic mass is 28.3. The van der Waals surface area contributed by atoms with Crippen molar-refractivity contribution in [2.45, 2.75) is 5.54 Å². The zero-order valence-corrected chi connectivity index (χ0v) is 6.49. The van der Waals surface area contributed by atoms with Gasteiger partial charge in [0, 0.05) is 6.54 Å². The summed E-state index contributed by atoms with van der Waals surface area (Å²) < 4.78 is 0. The molecule has 0 aliphatic carbocycles. The summed E-state index contributed by atoms with van der Waals surface area (Å²) in [5.74, 6) is 2.30. The largest absolute Gasteiger partial charge is 0.412 e. The molecular weight excluding hydrogens is 134 g/mol. The molecule has 3 nitrogen and oxygen atoms in total. The van der Waals surface area contributed by atoms with Crippen molar-refractivity contribution in [3.63, 3.8) is 0 Å². The van der Waals surface area contributed by atoms with Crippen LogP contribution in [-0.4, -0.2) is 32.5 Å². The molecule has 0 saturated carbocycles. The molecule has 0 aromatic rings. The second-order valence-electron chi connectivity index (χ2n) is 1.74. The Morgan fingerprint density at radius 1 is 1.78 bits per heavy atom. The van der Waals surface area contributed by atoms with E-state index in [1.165, 1.54) is 0 Å². The van der Waals surface area contributed by atoms with Gasteiger partial charge in [0.1, 0.15) is 0 Å². The lowest BCUT2D eigenvalue weighted by Crippen LogP contribution is -2.27. The standard InChI is InChI=1S/C5H11NO2Si/c1-3-5(4-6-2)9(7)8/h1,5-9H,4H2,2H3. The Bertz CT molecular complexity index is 110. The first-order chi connectivity index (χ1) is 4.22. The summed E-state index contributed by atoms with van der Waals surface area (Å²) in [5, 5.41) is 2.77. The van der Waals surface area contributed by atoms with Gasteiger partial charge in [0.2, 0.25) is 0 Å². The molecule has 0 fully saturated rings. The van der Waals surface area contributed by atoms with E-state index < -0.39 is 9.28 Å². The molecule has 1 atom stereocenters. The van der Waals surface area contributed by atoms with Crippen LogP contribution >= 0.6 is 0 Å². The molecule has 0 aliphatic rings. The van der Waals surface area contributed by atoms with Crippen molar-refractivity contribution in [2.24, 2.45) is 0 Å². The normalized spacial score (nSPS) is 13.2. The lowest BCUT2D eigenvalue weighted by atomic mass is 10.4. The lowest BCUT2D eigenvalue weighted by Gasteiger charge is -2.08. The molecule has 0 bridgehead atoms. The highest BCUT2D eigenvalue weighted by Crippen LogP contribution is 2.00. The summed E-state index contributed by atoms with van der Waals surface area (Å²) in [6.07, 6.45) is 4.98. The van der Waals surface area contributed by atoms with Crippen molar-refractivity contribution in [3.8, 4) is 12.3 Å². The fourth-order valence-corrected chi connectivity index (χ4v) is 1.09. The first kappa shape index (κ1) is 8.66. The predicted octanol–water partition coefficient (Wildman–Crippen LogP) is -1.59. The van der Waals surface area contributed by atoms with E-state index in [0.29, 0.717) is 6.54 Å². The van der Waals surface area contributed by atoms with Crippen LogP contribution in [0.3, 0.4) is 0 Å². The Morgan fingerprint density at radius 3 is 2.44 bits per heavy atom. The van der Waals surface area contributed by atoms with E-state index in [2.05, 4.69) is 11.2 Å². The summed E-state index contributed by atoms with van der Waals surface area (Å²) in [6, 6.07) is 0. The number of terminal acetylenes is 1. The number of nitrogens with one attached hydrogen (secondary N) is 1. The molecule has 0 aromatic carbocycles. The van der Waals surface area contributed by atoms with Gasteiger partial charge < -0.3 is 14.9 Å². The molecule has 3 N–H and O–H groups in total. The maximum atomic E-state index is 8.66. The third kappa shape index (κ3) is 3.27. The van der Waals surface area contributed by atoms with Crippen LogP contribution in [0.1, 0.15) is 0 Å². The molecule has 4 heteroatoms. The molecular formula is C5H11NO2Si. The molecule has 0 saturated heterocycles. The second kappa shape index (κ2) is 4.53. The highest BCUT2D eigenvalue weighted by molar-refractivity contribution is 6.44. The number of hydrogen-bond donors (Lipinski definition) is 3. The van der Waals surface area contributed by atoms with Crippen LogP contribution < -0.4 is 5.32 Å². The maximum absolute atomic E-state index is 8.66. The SMILES string of the molecule is C#CC(CNC)[SiH](O)O. The van der Waals surface area contributed by atoms with Crippen molar-refractivity contribution < 1.29 is 9.59 Å². The summed E-state index contributed by atoms with van der Waals surface area (Å²) in [5.41, 5.74) is -0.366. The fraction of sp³-hybridized carbons (Fsp3) is 0.600. The van der Waals surface area contributed by atoms with E-state index in [4.69, 9.17) is 16.0 Å². The summed E-state index contributed by atoms with van der Waals surface area (Å²) in [4.78, 5) is 17.3. The molecule has 0 rings (SSSR count). The molecule has 52 valence electrons. The van der Waals surface area contributed by atoms with Gasteiger partial charge in [-0.25, -0.2) is 0 Å². The van der Waals surface area contributed by atoms with E-state index >= 15 is 0 Å². The van der Waals surface area contributed by atoms with E-state index in [1.54, 1.807) is 7.05 Å². The smallest absolute Gasteiger partial charge is 0.332 e. The number of rotatable bonds is 3. The Labute approximate surface area is 56.6 Å². The third-order valence-electron chi connectivity index (χ3n) is 0.998. The minimum atomic E-state index is -2.60. The monoisotopic (exact) mass is 145 g/mol. The first-order valence-corrected chi connectivity index (χ1v) is 4.39. The van der Waals surface area contributed by atoms with Crippen molar-refractivity contribution in [1.29, 1.82) is 0 Å². The molecule has 0 radical (unpaired) electrons. The van der Waals surface area contributed by atoms with Gasteiger partial charge in [-0.05, 0) is 7.05 Å². The van der Waals surface area contributed by atoms with Gasteiger partial charge in [0.05, 0.1) is 5.54 Å². The second-order valence-corrected chi connectivity index (χ2v) is 3.38. The summed E-state index contributed by atoms with van der Waals surface area (Å²) in [7, 11) is -0.878. The zero-order chi connectivity index (χ0) is 7.28. The molecule has 0 aliphatic heterocycles. The quantitative estimate of drug-likeness (QED) is 0.332. The molecule has 0 aromatic heterocycles. The minimum absolute atomic E-state index is 0.366. The lowest BCUT2D eigenvalue weighted by molar-refractivity contribution is 0.394. The van der Waals surface area contributed by atoms with Crippen LogP contribution in [0.4, 0.5) is 0 Å². The Balaban J connectivity index is 3.58. The van der Waals surface area contributed by atoms with Gasteiger partial charge in [0.25, 0.3) is 0 Å². The molecule has 0 spiro atoms. The van der Waals surface area contributed by atoms with Gasteiger partial charge in [-0.15, -0.1) is 12.3 Å². The van der Waals surface area contributed by atoms with E-state index in [9.17, 15) is 0 Å². The van der Waals surface area contributed by atoms with Crippen molar-refractivity contribution in [3.05, 3.63) is 0 Å². The predicted molar refractivity (Wildman–Crippen MR) is 38.1 cm³/mol. The van der Waals surface area contributed by atoms with Crippen molar-refractivity contribution in [2.75, 3.05) is 13.6 Å². The summed E-state index contributed by atoms with van der Waals surface area (Å²) in [6.45, 7) is 0.486. The third-order valence-corrected chi connectivity index (χ3v) is 2.15. The molecule has 9 heavy (non-hydrogen) atoms. The topological polar surface area (TPSA) is 52.5 Å². The van der Waals surface area contributed by atoms with Crippen molar-refractivity contribution in [1.82, 2.24) is 5.32 Å². The zero-order valence-electron chi connectivity index (χ0n) is 5.33. The van der Waals surface area contributed by atoms with Gasteiger partial charge >= 0.3 is 9.28 Å². The Morgan fingerprint density at radius 2 is 2.33 bits per heavy atom. The molecule has 0 amide bonds. The van der Waals surface area contributed by atoms with Crippen LogP contribution in [-0.2, 0) is 0 Å². The van der Waals surface area contributed by atoms with Gasteiger partial charge in [0.15, 0.2) is 0 Å². The van der Waals surface area contributed by atoms with Crippen LogP contribution in [0.5, 0.6) is 0 Å². The van der Waals surface area contributed by atoms with E-state index in [1.807, 2.05) is 0 Å². The van der Waals surface area contributed by atoms with Gasteiger partial charge in [-0.2, -0.15) is 0 Å². The van der Waals surface area contributed by atoms with E-state index in [-0.39, 0.29) is 5.54 Å². The average molecular weight is 145 g/mol. The van der Waals surface area contributed by atoms with Crippen LogP contribution in [0.25, 0.3) is 0 Å². The average Bonchev–Trinajstić information content (AvgIpc) is 1.82. The molecule has 1 unspecified atom stereocenters. The van der Waals surface area contributed by atoms with Crippen LogP contribution in [0.15, 0.2) is 0 Å². The van der Waals surface area contributed by atoms with Gasteiger partial charge in [-0.3, -0.25) is 0 Å². The van der Waals surface area contributed by atoms with Crippen molar-refractivity contribution >= 4 is 9.28 Å². The van der Waals surface area contributed by atoms with E-state index in [0.717, 1.165) is 0 Å². The summed E-state index contributed by atoms with van der Waals surface area (Å²) >= 11 is 0. The maximum Gasteiger partial charge on any atom is 0.332 e.